The second-order valence-electron chi connectivity index (χ2n) is 2.72. The first-order valence-corrected chi connectivity index (χ1v) is 5.62. The number of rotatable bonds is 5. The molecule has 0 N–H and O–H groups in total. The Morgan fingerprint density at radius 1 is 1.50 bits per heavy atom. The SMILES string of the molecule is CCCSCc1ccn(CC)n1. The van der Waals surface area contributed by atoms with E-state index in [1.54, 1.807) is 0 Å². The summed E-state index contributed by atoms with van der Waals surface area (Å²) in [7, 11) is 0. The average molecular weight is 184 g/mol. The summed E-state index contributed by atoms with van der Waals surface area (Å²) >= 11 is 1.95. The Bertz CT molecular complexity index is 220. The largest absolute Gasteiger partial charge is 0.273 e. The molecule has 0 atom stereocenters. The lowest BCUT2D eigenvalue weighted by molar-refractivity contribution is 0.652. The standard InChI is InChI=1S/C9H16N2S/c1-3-7-12-8-9-5-6-11(4-2)10-9/h5-6H,3-4,7-8H2,1-2H3. The summed E-state index contributed by atoms with van der Waals surface area (Å²) in [6.07, 6.45) is 3.29. The molecule has 0 spiro atoms. The van der Waals surface area contributed by atoms with Crippen molar-refractivity contribution in [1.29, 1.82) is 0 Å². The molecule has 0 saturated heterocycles. The Balaban J connectivity index is 2.31. The summed E-state index contributed by atoms with van der Waals surface area (Å²) < 4.78 is 1.97. The van der Waals surface area contributed by atoms with E-state index >= 15 is 0 Å². The lowest BCUT2D eigenvalue weighted by Crippen LogP contribution is -1.95. The highest BCUT2D eigenvalue weighted by molar-refractivity contribution is 7.98. The van der Waals surface area contributed by atoms with Crippen molar-refractivity contribution in [3.05, 3.63) is 18.0 Å². The molecule has 12 heavy (non-hydrogen) atoms. The Kier molecular flexibility index (Phi) is 4.22. The van der Waals surface area contributed by atoms with Crippen LogP contribution < -0.4 is 0 Å². The normalized spacial score (nSPS) is 10.5. The van der Waals surface area contributed by atoms with Crippen molar-refractivity contribution in [2.24, 2.45) is 0 Å². The summed E-state index contributed by atoms with van der Waals surface area (Å²) in [5.74, 6) is 2.29. The maximum Gasteiger partial charge on any atom is 0.0723 e. The molecule has 68 valence electrons. The molecular formula is C9H16N2S. The lowest BCUT2D eigenvalue weighted by Gasteiger charge is -1.95. The molecule has 1 aromatic rings. The lowest BCUT2D eigenvalue weighted by atomic mass is 10.5. The van der Waals surface area contributed by atoms with Crippen LogP contribution in [0.2, 0.25) is 0 Å². The summed E-state index contributed by atoms with van der Waals surface area (Å²) in [4.78, 5) is 0. The molecule has 0 radical (unpaired) electrons. The summed E-state index contributed by atoms with van der Waals surface area (Å²) in [5.41, 5.74) is 1.20. The van der Waals surface area contributed by atoms with Crippen molar-refractivity contribution in [2.75, 3.05) is 5.75 Å². The van der Waals surface area contributed by atoms with Gasteiger partial charge in [0.05, 0.1) is 5.69 Å². The van der Waals surface area contributed by atoms with Gasteiger partial charge in [-0.15, -0.1) is 0 Å². The Labute approximate surface area is 78.4 Å². The van der Waals surface area contributed by atoms with E-state index in [-0.39, 0.29) is 0 Å². The third-order valence-corrected chi connectivity index (χ3v) is 2.82. The highest BCUT2D eigenvalue weighted by atomic mass is 32.2. The van der Waals surface area contributed by atoms with Crippen LogP contribution in [0.3, 0.4) is 0 Å². The fourth-order valence-electron chi connectivity index (χ4n) is 0.978. The zero-order chi connectivity index (χ0) is 8.81. The minimum atomic E-state index is 0.971. The van der Waals surface area contributed by atoms with Crippen LogP contribution in [0.25, 0.3) is 0 Å². The molecule has 0 aliphatic rings. The molecule has 1 heterocycles. The monoisotopic (exact) mass is 184 g/mol. The van der Waals surface area contributed by atoms with Crippen LogP contribution in [0.5, 0.6) is 0 Å². The molecule has 2 nitrogen and oxygen atoms in total. The highest BCUT2D eigenvalue weighted by Crippen LogP contribution is 2.10. The molecule has 0 aliphatic carbocycles. The minimum Gasteiger partial charge on any atom is -0.273 e. The van der Waals surface area contributed by atoms with Crippen molar-refractivity contribution in [2.45, 2.75) is 32.6 Å². The van der Waals surface area contributed by atoms with Crippen LogP contribution in [0.4, 0.5) is 0 Å². The zero-order valence-electron chi connectivity index (χ0n) is 7.79. The van der Waals surface area contributed by atoms with Crippen LogP contribution >= 0.6 is 11.8 Å². The maximum atomic E-state index is 4.40. The van der Waals surface area contributed by atoms with E-state index in [4.69, 9.17) is 0 Å². The first-order valence-electron chi connectivity index (χ1n) is 4.47. The van der Waals surface area contributed by atoms with Gasteiger partial charge in [0.25, 0.3) is 0 Å². The summed E-state index contributed by atoms with van der Waals surface area (Å²) in [6, 6.07) is 2.10. The molecular weight excluding hydrogens is 168 g/mol. The van der Waals surface area contributed by atoms with E-state index in [9.17, 15) is 0 Å². The predicted molar refractivity (Wildman–Crippen MR) is 54.4 cm³/mol. The van der Waals surface area contributed by atoms with E-state index in [0.717, 1.165) is 12.3 Å². The summed E-state index contributed by atoms with van der Waals surface area (Å²) in [6.45, 7) is 5.28. The number of hydrogen-bond acceptors (Lipinski definition) is 2. The van der Waals surface area contributed by atoms with Crippen molar-refractivity contribution >= 4 is 11.8 Å². The van der Waals surface area contributed by atoms with Gasteiger partial charge in [0.1, 0.15) is 0 Å². The molecule has 0 fully saturated rings. The van der Waals surface area contributed by atoms with Crippen molar-refractivity contribution in [3.63, 3.8) is 0 Å². The van der Waals surface area contributed by atoms with Gasteiger partial charge in [0.2, 0.25) is 0 Å². The quantitative estimate of drug-likeness (QED) is 0.654. The first-order chi connectivity index (χ1) is 5.86. The third kappa shape index (κ3) is 2.89. The Hall–Kier alpha value is -0.440. The van der Waals surface area contributed by atoms with E-state index in [0.29, 0.717) is 0 Å². The van der Waals surface area contributed by atoms with Crippen molar-refractivity contribution < 1.29 is 0 Å². The van der Waals surface area contributed by atoms with Gasteiger partial charge in [-0.3, -0.25) is 4.68 Å². The second kappa shape index (κ2) is 5.25. The zero-order valence-corrected chi connectivity index (χ0v) is 8.60. The van der Waals surface area contributed by atoms with Gasteiger partial charge in [-0.05, 0) is 25.2 Å². The van der Waals surface area contributed by atoms with E-state index < -0.39 is 0 Å². The molecule has 0 bridgehead atoms. The average Bonchev–Trinajstić information content (AvgIpc) is 2.53. The van der Waals surface area contributed by atoms with E-state index in [1.165, 1.54) is 17.9 Å². The molecule has 3 heteroatoms. The van der Waals surface area contributed by atoms with Crippen molar-refractivity contribution in [1.82, 2.24) is 9.78 Å². The van der Waals surface area contributed by atoms with Crippen molar-refractivity contribution in [3.8, 4) is 0 Å². The second-order valence-corrected chi connectivity index (χ2v) is 3.82. The van der Waals surface area contributed by atoms with Gasteiger partial charge in [0, 0.05) is 18.5 Å². The number of nitrogens with zero attached hydrogens (tertiary/aromatic N) is 2. The van der Waals surface area contributed by atoms with Crippen LogP contribution in [0.1, 0.15) is 26.0 Å². The van der Waals surface area contributed by atoms with Gasteiger partial charge in [-0.2, -0.15) is 16.9 Å². The van der Waals surface area contributed by atoms with Crippen LogP contribution in [-0.2, 0) is 12.3 Å². The fraction of sp³-hybridized carbons (Fsp3) is 0.667. The predicted octanol–water partition coefficient (Wildman–Crippen LogP) is 2.55. The molecule has 0 saturated carbocycles. The number of hydrogen-bond donors (Lipinski definition) is 0. The fourth-order valence-corrected chi connectivity index (χ4v) is 1.77. The molecule has 1 aromatic heterocycles. The van der Waals surface area contributed by atoms with Gasteiger partial charge in [0.15, 0.2) is 0 Å². The highest BCUT2D eigenvalue weighted by Gasteiger charge is 1.96. The van der Waals surface area contributed by atoms with E-state index in [2.05, 4.69) is 25.0 Å². The van der Waals surface area contributed by atoms with Gasteiger partial charge < -0.3 is 0 Å². The molecule has 0 aliphatic heterocycles. The summed E-state index contributed by atoms with van der Waals surface area (Å²) in [5, 5.41) is 4.40. The van der Waals surface area contributed by atoms with Crippen LogP contribution in [-0.4, -0.2) is 15.5 Å². The van der Waals surface area contributed by atoms with Gasteiger partial charge in [-0.1, -0.05) is 6.92 Å². The Morgan fingerprint density at radius 3 is 2.92 bits per heavy atom. The number of aromatic nitrogens is 2. The maximum absolute atomic E-state index is 4.40. The van der Waals surface area contributed by atoms with Crippen LogP contribution in [0, 0.1) is 0 Å². The minimum absolute atomic E-state index is 0.971. The van der Waals surface area contributed by atoms with Crippen LogP contribution in [0.15, 0.2) is 12.3 Å². The molecule has 0 amide bonds. The van der Waals surface area contributed by atoms with Gasteiger partial charge >= 0.3 is 0 Å². The third-order valence-electron chi connectivity index (χ3n) is 1.62. The number of aryl methyl sites for hydroxylation is 1. The van der Waals surface area contributed by atoms with E-state index in [1.807, 2.05) is 22.6 Å². The number of thioether (sulfide) groups is 1. The molecule has 1 rings (SSSR count). The smallest absolute Gasteiger partial charge is 0.0723 e. The van der Waals surface area contributed by atoms with Gasteiger partial charge in [-0.25, -0.2) is 0 Å². The topological polar surface area (TPSA) is 17.8 Å². The molecule has 0 aromatic carbocycles. The Morgan fingerprint density at radius 2 is 2.33 bits per heavy atom. The first kappa shape index (κ1) is 9.65. The molecule has 0 unspecified atom stereocenters.